The van der Waals surface area contributed by atoms with Crippen LogP contribution >= 0.6 is 0 Å². The van der Waals surface area contributed by atoms with Gasteiger partial charge in [0.15, 0.2) is 0 Å². The van der Waals surface area contributed by atoms with Crippen LogP contribution in [0.1, 0.15) is 46.0 Å². The Morgan fingerprint density at radius 3 is 2.65 bits per heavy atom. The van der Waals surface area contributed by atoms with Crippen molar-refractivity contribution < 1.29 is 13.2 Å². The molecule has 2 N–H and O–H groups in total. The molecule has 23 heavy (non-hydrogen) atoms. The topological polar surface area (TPSA) is 67.4 Å². The molecule has 5 nitrogen and oxygen atoms in total. The minimum Gasteiger partial charge on any atom is -0.494 e. The van der Waals surface area contributed by atoms with E-state index < -0.39 is 10.0 Å². The first-order valence-electron chi connectivity index (χ1n) is 8.50. The van der Waals surface area contributed by atoms with Crippen LogP contribution in [0.25, 0.3) is 0 Å². The predicted octanol–water partition coefficient (Wildman–Crippen LogP) is 2.67. The maximum atomic E-state index is 12.4. The molecular formula is C17H28N2O3S. The molecule has 2 rings (SSSR count). The van der Waals surface area contributed by atoms with E-state index >= 15 is 0 Å². The molecule has 0 saturated carbocycles. The number of rotatable bonds is 8. The maximum Gasteiger partial charge on any atom is 0.240 e. The lowest BCUT2D eigenvalue weighted by Crippen LogP contribution is -2.46. The number of hydrogen-bond donors (Lipinski definition) is 2. The van der Waals surface area contributed by atoms with E-state index in [2.05, 4.69) is 23.9 Å². The average molecular weight is 340 g/mol. The summed E-state index contributed by atoms with van der Waals surface area (Å²) in [5.41, 5.74) is 0. The number of ether oxygens (including phenoxy) is 1. The number of hydrogen-bond acceptors (Lipinski definition) is 4. The molecule has 1 saturated heterocycles. The van der Waals surface area contributed by atoms with E-state index in [1.54, 1.807) is 24.3 Å². The largest absolute Gasteiger partial charge is 0.494 e. The van der Waals surface area contributed by atoms with Gasteiger partial charge in [0, 0.05) is 12.1 Å². The molecule has 0 spiro atoms. The van der Waals surface area contributed by atoms with Crippen LogP contribution in [-0.4, -0.2) is 33.7 Å². The third kappa shape index (κ3) is 5.79. The summed E-state index contributed by atoms with van der Waals surface area (Å²) in [6.07, 6.45) is 4.96. The van der Waals surface area contributed by atoms with Gasteiger partial charge in [0.25, 0.3) is 0 Å². The van der Waals surface area contributed by atoms with Crippen LogP contribution < -0.4 is 14.8 Å². The lowest BCUT2D eigenvalue weighted by Gasteiger charge is -2.28. The number of unbranched alkanes of at least 4 members (excludes halogenated alkanes) is 2. The molecular weight excluding hydrogens is 312 g/mol. The van der Waals surface area contributed by atoms with Crippen LogP contribution in [0, 0.1) is 0 Å². The highest BCUT2D eigenvalue weighted by atomic mass is 32.2. The lowest BCUT2D eigenvalue weighted by molar-refractivity contribution is 0.306. The highest BCUT2D eigenvalue weighted by molar-refractivity contribution is 7.89. The van der Waals surface area contributed by atoms with Gasteiger partial charge in [-0.3, -0.25) is 0 Å². The van der Waals surface area contributed by atoms with Gasteiger partial charge in [0.2, 0.25) is 10.0 Å². The van der Waals surface area contributed by atoms with Gasteiger partial charge < -0.3 is 10.1 Å². The van der Waals surface area contributed by atoms with Crippen LogP contribution in [0.2, 0.25) is 0 Å². The Balaban J connectivity index is 1.91. The SMILES string of the molecule is CCCCCOc1ccc(S(=O)(=O)NC2CCNC(C)C2)cc1. The summed E-state index contributed by atoms with van der Waals surface area (Å²) in [6.45, 7) is 5.74. The van der Waals surface area contributed by atoms with Gasteiger partial charge in [-0.25, -0.2) is 13.1 Å². The van der Waals surface area contributed by atoms with Crippen molar-refractivity contribution in [2.45, 2.75) is 62.9 Å². The second-order valence-electron chi connectivity index (χ2n) is 6.22. The van der Waals surface area contributed by atoms with Crippen molar-refractivity contribution in [1.29, 1.82) is 0 Å². The molecule has 1 aromatic rings. The third-order valence-electron chi connectivity index (χ3n) is 4.10. The van der Waals surface area contributed by atoms with Crippen molar-refractivity contribution in [3.05, 3.63) is 24.3 Å². The number of piperidine rings is 1. The molecule has 2 unspecified atom stereocenters. The van der Waals surface area contributed by atoms with Crippen LogP contribution in [0.5, 0.6) is 5.75 Å². The van der Waals surface area contributed by atoms with Gasteiger partial charge >= 0.3 is 0 Å². The predicted molar refractivity (Wildman–Crippen MR) is 92.3 cm³/mol. The third-order valence-corrected chi connectivity index (χ3v) is 5.63. The second-order valence-corrected chi connectivity index (χ2v) is 7.94. The summed E-state index contributed by atoms with van der Waals surface area (Å²) >= 11 is 0. The number of nitrogens with one attached hydrogen (secondary N) is 2. The van der Waals surface area contributed by atoms with Gasteiger partial charge in [0.1, 0.15) is 5.75 Å². The van der Waals surface area contributed by atoms with Crippen molar-refractivity contribution in [1.82, 2.24) is 10.0 Å². The van der Waals surface area contributed by atoms with E-state index in [1.807, 2.05) is 0 Å². The minimum atomic E-state index is -3.46. The van der Waals surface area contributed by atoms with E-state index in [-0.39, 0.29) is 6.04 Å². The molecule has 6 heteroatoms. The molecule has 1 aromatic carbocycles. The first-order chi connectivity index (χ1) is 11.0. The first-order valence-corrected chi connectivity index (χ1v) is 9.98. The van der Waals surface area contributed by atoms with Gasteiger partial charge in [-0.1, -0.05) is 19.8 Å². The Bertz CT molecular complexity index is 572. The highest BCUT2D eigenvalue weighted by Gasteiger charge is 2.24. The Labute approximate surface area is 139 Å². The summed E-state index contributed by atoms with van der Waals surface area (Å²) in [5, 5.41) is 3.32. The number of benzene rings is 1. The molecule has 1 aliphatic heterocycles. The van der Waals surface area contributed by atoms with Gasteiger partial charge in [-0.05, 0) is 57.0 Å². The van der Waals surface area contributed by atoms with Crippen LogP contribution in [0.3, 0.4) is 0 Å². The van der Waals surface area contributed by atoms with Crippen LogP contribution in [-0.2, 0) is 10.0 Å². The minimum absolute atomic E-state index is 0.00113. The van der Waals surface area contributed by atoms with Gasteiger partial charge in [-0.2, -0.15) is 0 Å². The normalized spacial score (nSPS) is 22.0. The molecule has 0 bridgehead atoms. The molecule has 2 atom stereocenters. The zero-order valence-corrected chi connectivity index (χ0v) is 14.9. The van der Waals surface area contributed by atoms with Crippen molar-refractivity contribution in [3.8, 4) is 5.75 Å². The fraction of sp³-hybridized carbons (Fsp3) is 0.647. The van der Waals surface area contributed by atoms with E-state index in [1.165, 1.54) is 0 Å². The molecule has 130 valence electrons. The molecule has 1 fully saturated rings. The Morgan fingerprint density at radius 1 is 1.26 bits per heavy atom. The average Bonchev–Trinajstić information content (AvgIpc) is 2.52. The van der Waals surface area contributed by atoms with E-state index in [9.17, 15) is 8.42 Å². The first kappa shape index (κ1) is 18.2. The molecule has 0 aromatic heterocycles. The fourth-order valence-corrected chi connectivity index (χ4v) is 4.07. The summed E-state index contributed by atoms with van der Waals surface area (Å²) in [7, 11) is -3.46. The van der Waals surface area contributed by atoms with Crippen LogP contribution in [0.15, 0.2) is 29.2 Å². The summed E-state index contributed by atoms with van der Waals surface area (Å²) in [6, 6.07) is 7.03. The molecule has 0 radical (unpaired) electrons. The van der Waals surface area contributed by atoms with Crippen molar-refractivity contribution in [2.24, 2.45) is 0 Å². The summed E-state index contributed by atoms with van der Waals surface area (Å²) in [5.74, 6) is 0.718. The number of sulfonamides is 1. The zero-order valence-electron chi connectivity index (χ0n) is 14.0. The zero-order chi connectivity index (χ0) is 16.7. The van der Waals surface area contributed by atoms with Crippen molar-refractivity contribution >= 4 is 10.0 Å². The highest BCUT2D eigenvalue weighted by Crippen LogP contribution is 2.18. The monoisotopic (exact) mass is 340 g/mol. The Hall–Kier alpha value is -1.11. The molecule has 0 aliphatic carbocycles. The second kappa shape index (κ2) is 8.66. The molecule has 0 amide bonds. The van der Waals surface area contributed by atoms with E-state index in [0.29, 0.717) is 17.5 Å². The summed E-state index contributed by atoms with van der Waals surface area (Å²) in [4.78, 5) is 0.296. The van der Waals surface area contributed by atoms with Gasteiger partial charge in [-0.15, -0.1) is 0 Å². The van der Waals surface area contributed by atoms with Crippen LogP contribution in [0.4, 0.5) is 0 Å². The quantitative estimate of drug-likeness (QED) is 0.714. The lowest BCUT2D eigenvalue weighted by atomic mass is 10.0. The van der Waals surface area contributed by atoms with Crippen molar-refractivity contribution in [3.63, 3.8) is 0 Å². The molecule has 1 aliphatic rings. The Morgan fingerprint density at radius 2 is 2.00 bits per heavy atom. The van der Waals surface area contributed by atoms with E-state index in [0.717, 1.165) is 44.4 Å². The smallest absolute Gasteiger partial charge is 0.240 e. The standard InChI is InChI=1S/C17H28N2O3S/c1-3-4-5-12-22-16-6-8-17(9-7-16)23(20,21)19-15-10-11-18-14(2)13-15/h6-9,14-15,18-19H,3-5,10-13H2,1-2H3. The Kier molecular flexibility index (Phi) is 6.87. The van der Waals surface area contributed by atoms with Gasteiger partial charge in [0.05, 0.1) is 11.5 Å². The maximum absolute atomic E-state index is 12.4. The van der Waals surface area contributed by atoms with E-state index in [4.69, 9.17) is 4.74 Å². The fourth-order valence-electron chi connectivity index (χ4n) is 2.78. The summed E-state index contributed by atoms with van der Waals surface area (Å²) < 4.78 is 33.3. The van der Waals surface area contributed by atoms with Crippen molar-refractivity contribution in [2.75, 3.05) is 13.2 Å². The molecule has 1 heterocycles.